The number of hydrogen-bond donors (Lipinski definition) is 0. The van der Waals surface area contributed by atoms with Crippen molar-refractivity contribution in [1.29, 1.82) is 0 Å². The lowest BCUT2D eigenvalue weighted by Gasteiger charge is -2.35. The summed E-state index contributed by atoms with van der Waals surface area (Å²) in [7, 11) is 0. The fraction of sp³-hybridized carbons (Fsp3) is 0.240. The van der Waals surface area contributed by atoms with E-state index in [1.165, 1.54) is 12.1 Å². The Labute approximate surface area is 184 Å². The molecule has 0 aliphatic carbocycles. The normalized spacial score (nSPS) is 16.5. The van der Waals surface area contributed by atoms with Crippen LogP contribution in [-0.4, -0.2) is 34.6 Å². The van der Waals surface area contributed by atoms with Crippen LogP contribution in [0.15, 0.2) is 54.7 Å². The molecule has 2 aromatic heterocycles. The van der Waals surface area contributed by atoms with E-state index in [4.69, 9.17) is 9.72 Å². The maximum atomic E-state index is 14.7. The van der Waals surface area contributed by atoms with Crippen molar-refractivity contribution in [3.05, 3.63) is 83.4 Å². The zero-order chi connectivity index (χ0) is 22.2. The average Bonchev–Trinajstić information content (AvgIpc) is 2.78. The van der Waals surface area contributed by atoms with Crippen LogP contribution in [0, 0.1) is 25.5 Å². The van der Waals surface area contributed by atoms with Crippen LogP contribution in [0.1, 0.15) is 23.2 Å². The predicted octanol–water partition coefficient (Wildman–Crippen LogP) is 5.16. The number of ether oxygens (including phenoxy) is 1. The second-order valence-electron chi connectivity index (χ2n) is 7.95. The van der Waals surface area contributed by atoms with Crippen molar-refractivity contribution in [2.75, 3.05) is 24.6 Å². The standard InChI is InChI=1S/C25H22F2N4O/c1-15-12-17(8-9-28-15)23-14-31(10-11-32-23)25-24-20(19-7-6-18(26)13-21(19)27)4-3-5-22(24)29-16(2)30-25/h3-9,12-13,23H,10-11,14H2,1-2H3/t23-/m1/s1. The lowest BCUT2D eigenvalue weighted by Crippen LogP contribution is -2.39. The molecule has 1 aliphatic heterocycles. The maximum Gasteiger partial charge on any atom is 0.141 e. The van der Waals surface area contributed by atoms with Crippen molar-refractivity contribution in [2.45, 2.75) is 20.0 Å². The molecule has 0 saturated carbocycles. The molecule has 0 spiro atoms. The SMILES string of the molecule is Cc1cc([C@H]2CN(c3nc(C)nc4cccc(-c5ccc(F)cc5F)c34)CCO2)ccn1. The molecule has 162 valence electrons. The minimum atomic E-state index is -0.615. The summed E-state index contributed by atoms with van der Waals surface area (Å²) in [6.45, 7) is 5.57. The number of benzene rings is 2. The molecule has 0 N–H and O–H groups in total. The molecule has 3 heterocycles. The molecule has 1 saturated heterocycles. The molecule has 1 atom stereocenters. The fourth-order valence-corrected chi connectivity index (χ4v) is 4.25. The summed E-state index contributed by atoms with van der Waals surface area (Å²) < 4.78 is 34.3. The second kappa shape index (κ2) is 8.24. The van der Waals surface area contributed by atoms with Crippen molar-refractivity contribution in [3.63, 3.8) is 0 Å². The van der Waals surface area contributed by atoms with Gasteiger partial charge in [-0.2, -0.15) is 0 Å². The van der Waals surface area contributed by atoms with Gasteiger partial charge in [0.25, 0.3) is 0 Å². The Morgan fingerprint density at radius 2 is 1.88 bits per heavy atom. The van der Waals surface area contributed by atoms with Gasteiger partial charge in [-0.3, -0.25) is 4.98 Å². The Hall–Kier alpha value is -3.45. The van der Waals surface area contributed by atoms with Gasteiger partial charge in [0.1, 0.15) is 29.4 Å². The molecule has 5 nitrogen and oxygen atoms in total. The first-order valence-corrected chi connectivity index (χ1v) is 10.5. The highest BCUT2D eigenvalue weighted by molar-refractivity contribution is 6.02. The van der Waals surface area contributed by atoms with Crippen molar-refractivity contribution in [2.24, 2.45) is 0 Å². The number of halogens is 2. The van der Waals surface area contributed by atoms with Gasteiger partial charge in [0, 0.05) is 36.6 Å². The van der Waals surface area contributed by atoms with Gasteiger partial charge in [-0.15, -0.1) is 0 Å². The fourth-order valence-electron chi connectivity index (χ4n) is 4.25. The Morgan fingerprint density at radius 3 is 2.69 bits per heavy atom. The molecule has 4 aromatic rings. The second-order valence-corrected chi connectivity index (χ2v) is 7.95. The van der Waals surface area contributed by atoms with Gasteiger partial charge in [0.15, 0.2) is 0 Å². The summed E-state index contributed by atoms with van der Waals surface area (Å²) >= 11 is 0. The third kappa shape index (κ3) is 3.80. The van der Waals surface area contributed by atoms with Crippen LogP contribution in [0.25, 0.3) is 22.0 Å². The minimum Gasteiger partial charge on any atom is -0.370 e. The first-order valence-electron chi connectivity index (χ1n) is 10.5. The van der Waals surface area contributed by atoms with Crippen molar-refractivity contribution >= 4 is 16.7 Å². The molecule has 5 rings (SSSR count). The number of pyridine rings is 1. The summed E-state index contributed by atoms with van der Waals surface area (Å²) in [4.78, 5) is 15.8. The van der Waals surface area contributed by atoms with Crippen molar-refractivity contribution < 1.29 is 13.5 Å². The molecule has 0 amide bonds. The first kappa shape index (κ1) is 20.5. The molecule has 1 aliphatic rings. The van der Waals surface area contributed by atoms with Crippen LogP contribution >= 0.6 is 0 Å². The molecule has 2 aromatic carbocycles. The summed E-state index contributed by atoms with van der Waals surface area (Å²) in [5.41, 5.74) is 3.66. The van der Waals surface area contributed by atoms with E-state index in [9.17, 15) is 8.78 Å². The average molecular weight is 432 g/mol. The zero-order valence-corrected chi connectivity index (χ0v) is 17.8. The largest absolute Gasteiger partial charge is 0.370 e. The summed E-state index contributed by atoms with van der Waals surface area (Å²) in [6, 6.07) is 13.2. The van der Waals surface area contributed by atoms with E-state index in [0.29, 0.717) is 36.6 Å². The van der Waals surface area contributed by atoms with E-state index < -0.39 is 11.6 Å². The van der Waals surface area contributed by atoms with Crippen LogP contribution in [0.4, 0.5) is 14.6 Å². The van der Waals surface area contributed by atoms with Gasteiger partial charge in [-0.25, -0.2) is 18.7 Å². The van der Waals surface area contributed by atoms with Gasteiger partial charge >= 0.3 is 0 Å². The van der Waals surface area contributed by atoms with E-state index in [-0.39, 0.29) is 6.10 Å². The maximum absolute atomic E-state index is 14.7. The number of hydrogen-bond acceptors (Lipinski definition) is 5. The smallest absolute Gasteiger partial charge is 0.141 e. The predicted molar refractivity (Wildman–Crippen MR) is 120 cm³/mol. The van der Waals surface area contributed by atoms with E-state index in [2.05, 4.69) is 14.9 Å². The van der Waals surface area contributed by atoms with E-state index in [1.54, 1.807) is 6.20 Å². The zero-order valence-electron chi connectivity index (χ0n) is 17.8. The van der Waals surface area contributed by atoms with Crippen LogP contribution in [0.3, 0.4) is 0 Å². The van der Waals surface area contributed by atoms with Crippen LogP contribution in [0.5, 0.6) is 0 Å². The van der Waals surface area contributed by atoms with Gasteiger partial charge < -0.3 is 9.64 Å². The molecular formula is C25H22F2N4O. The Balaban J connectivity index is 1.63. The quantitative estimate of drug-likeness (QED) is 0.447. The van der Waals surface area contributed by atoms with Gasteiger partial charge in [-0.05, 0) is 55.3 Å². The van der Waals surface area contributed by atoms with Crippen LogP contribution in [-0.2, 0) is 4.74 Å². The lowest BCUT2D eigenvalue weighted by atomic mass is 9.99. The molecule has 7 heteroatoms. The third-order valence-electron chi connectivity index (χ3n) is 5.70. The molecule has 0 unspecified atom stereocenters. The first-order chi connectivity index (χ1) is 15.5. The minimum absolute atomic E-state index is 0.134. The number of anilines is 1. The lowest BCUT2D eigenvalue weighted by molar-refractivity contribution is 0.0395. The number of rotatable bonds is 3. The topological polar surface area (TPSA) is 51.1 Å². The van der Waals surface area contributed by atoms with Crippen molar-refractivity contribution in [3.8, 4) is 11.1 Å². The van der Waals surface area contributed by atoms with E-state index in [0.717, 1.165) is 34.0 Å². The highest BCUT2D eigenvalue weighted by Crippen LogP contribution is 2.37. The van der Waals surface area contributed by atoms with Crippen LogP contribution < -0.4 is 4.90 Å². The van der Waals surface area contributed by atoms with Gasteiger partial charge in [0.2, 0.25) is 0 Å². The highest BCUT2D eigenvalue weighted by atomic mass is 19.1. The molecule has 32 heavy (non-hydrogen) atoms. The Bertz CT molecular complexity index is 1310. The molecular weight excluding hydrogens is 410 g/mol. The van der Waals surface area contributed by atoms with E-state index >= 15 is 0 Å². The van der Waals surface area contributed by atoms with Crippen molar-refractivity contribution in [1.82, 2.24) is 15.0 Å². The number of morpholine rings is 1. The van der Waals surface area contributed by atoms with Gasteiger partial charge in [0.05, 0.1) is 17.5 Å². The number of fused-ring (bicyclic) bond motifs is 1. The summed E-state index contributed by atoms with van der Waals surface area (Å²) in [5.74, 6) is 0.136. The Kier molecular flexibility index (Phi) is 5.27. The molecule has 0 radical (unpaired) electrons. The highest BCUT2D eigenvalue weighted by Gasteiger charge is 2.26. The third-order valence-corrected chi connectivity index (χ3v) is 5.70. The number of aryl methyl sites for hydroxylation is 2. The van der Waals surface area contributed by atoms with E-state index in [1.807, 2.05) is 44.2 Å². The van der Waals surface area contributed by atoms with Gasteiger partial charge in [-0.1, -0.05) is 12.1 Å². The Morgan fingerprint density at radius 1 is 1.00 bits per heavy atom. The summed E-state index contributed by atoms with van der Waals surface area (Å²) in [5, 5.41) is 0.746. The number of aromatic nitrogens is 3. The number of nitrogens with zero attached hydrogens (tertiary/aromatic N) is 4. The molecule has 1 fully saturated rings. The van der Waals surface area contributed by atoms with Crippen LogP contribution in [0.2, 0.25) is 0 Å². The molecule has 0 bridgehead atoms. The summed E-state index contributed by atoms with van der Waals surface area (Å²) in [6.07, 6.45) is 1.65. The monoisotopic (exact) mass is 432 g/mol.